The topological polar surface area (TPSA) is 22.0 Å². The summed E-state index contributed by atoms with van der Waals surface area (Å²) in [6.07, 6.45) is -8.48. The monoisotopic (exact) mass is 419 g/mol. The number of carbonyl (C=O) groups is 1. The van der Waals surface area contributed by atoms with E-state index in [0.29, 0.717) is 22.0 Å². The highest BCUT2D eigenvalue weighted by atomic mass is 35.5. The highest BCUT2D eigenvalue weighted by Crippen LogP contribution is 2.38. The van der Waals surface area contributed by atoms with Gasteiger partial charge in [0.15, 0.2) is 5.78 Å². The van der Waals surface area contributed by atoms with Gasteiger partial charge in [0.05, 0.1) is 11.1 Å². The van der Waals surface area contributed by atoms with Gasteiger partial charge in [-0.05, 0) is 42.8 Å². The van der Waals surface area contributed by atoms with Crippen LogP contribution >= 0.6 is 11.6 Å². The predicted octanol–water partition coefficient (Wildman–Crippen LogP) is 6.58. The maximum absolute atomic E-state index is 13.4. The second-order valence-electron chi connectivity index (χ2n) is 6.26. The summed E-state index contributed by atoms with van der Waals surface area (Å²) in [6.45, 7) is 0.942. The predicted molar refractivity (Wildman–Crippen MR) is 92.5 cm³/mol. The van der Waals surface area contributed by atoms with Crippen LogP contribution in [0, 0.1) is 0 Å². The van der Waals surface area contributed by atoms with Crippen molar-refractivity contribution in [3.63, 3.8) is 0 Å². The lowest BCUT2D eigenvalue weighted by atomic mass is 10.0. The molecule has 0 aliphatic rings. The lowest BCUT2D eigenvalue weighted by Crippen LogP contribution is -2.15. The minimum absolute atomic E-state index is 0.101. The largest absolute Gasteiger partial charge is 0.416 e. The average Bonchev–Trinajstić information content (AvgIpc) is 2.91. The molecule has 0 saturated carbocycles. The molecule has 2 nitrogen and oxygen atoms in total. The number of hydrogen-bond acceptors (Lipinski definition) is 1. The van der Waals surface area contributed by atoms with Crippen molar-refractivity contribution in [1.29, 1.82) is 0 Å². The molecule has 0 radical (unpaired) electrons. The van der Waals surface area contributed by atoms with Crippen molar-refractivity contribution < 1.29 is 31.1 Å². The molecule has 28 heavy (non-hydrogen) atoms. The quantitative estimate of drug-likeness (QED) is 0.347. The van der Waals surface area contributed by atoms with Crippen LogP contribution in [0.4, 0.5) is 26.3 Å². The SMILES string of the molecule is CC(=O)c1cn(Cc2ccc(C(F)(F)F)cc2C(F)(F)F)c2ccc(Cl)cc12. The fourth-order valence-electron chi connectivity index (χ4n) is 3.02. The number of ketones is 1. The third-order valence-electron chi connectivity index (χ3n) is 4.31. The van der Waals surface area contributed by atoms with Crippen molar-refractivity contribution in [1.82, 2.24) is 4.57 Å². The molecule has 0 amide bonds. The van der Waals surface area contributed by atoms with Gasteiger partial charge in [0.25, 0.3) is 0 Å². The smallest absolute Gasteiger partial charge is 0.342 e. The summed E-state index contributed by atoms with van der Waals surface area (Å²) in [5.74, 6) is -0.311. The van der Waals surface area contributed by atoms with E-state index in [1.54, 1.807) is 6.07 Å². The highest BCUT2D eigenvalue weighted by molar-refractivity contribution is 6.31. The number of Topliss-reactive ketones (excluding diaryl/α,β-unsaturated/α-hetero) is 1. The van der Waals surface area contributed by atoms with Crippen LogP contribution in [0.15, 0.2) is 42.6 Å². The van der Waals surface area contributed by atoms with Crippen LogP contribution in [0.2, 0.25) is 5.02 Å². The van der Waals surface area contributed by atoms with Gasteiger partial charge in [-0.15, -0.1) is 0 Å². The molecule has 3 rings (SSSR count). The molecular formula is C19H12ClF6NO. The zero-order valence-corrected chi connectivity index (χ0v) is 15.0. The van der Waals surface area contributed by atoms with E-state index in [-0.39, 0.29) is 29.5 Å². The minimum atomic E-state index is -4.97. The molecular weight excluding hydrogens is 408 g/mol. The molecule has 0 N–H and O–H groups in total. The van der Waals surface area contributed by atoms with E-state index < -0.39 is 23.5 Å². The van der Waals surface area contributed by atoms with E-state index in [9.17, 15) is 31.1 Å². The second kappa shape index (κ2) is 6.84. The molecule has 148 valence electrons. The Morgan fingerprint density at radius 3 is 2.25 bits per heavy atom. The molecule has 0 aliphatic carbocycles. The van der Waals surface area contributed by atoms with E-state index in [1.165, 1.54) is 29.8 Å². The summed E-state index contributed by atoms with van der Waals surface area (Å²) in [4.78, 5) is 11.9. The highest BCUT2D eigenvalue weighted by Gasteiger charge is 2.38. The van der Waals surface area contributed by atoms with Gasteiger partial charge in [-0.1, -0.05) is 17.7 Å². The Hall–Kier alpha value is -2.48. The summed E-state index contributed by atoms with van der Waals surface area (Å²) in [6, 6.07) is 6.09. The van der Waals surface area contributed by atoms with Gasteiger partial charge in [-0.25, -0.2) is 0 Å². The third-order valence-corrected chi connectivity index (χ3v) is 4.54. The van der Waals surface area contributed by atoms with Crippen LogP contribution in [0.25, 0.3) is 10.9 Å². The zero-order chi connectivity index (χ0) is 20.9. The van der Waals surface area contributed by atoms with Crippen LogP contribution in [0.5, 0.6) is 0 Å². The van der Waals surface area contributed by atoms with E-state index in [0.717, 1.165) is 6.07 Å². The molecule has 1 heterocycles. The van der Waals surface area contributed by atoms with Gasteiger partial charge < -0.3 is 4.57 Å². The van der Waals surface area contributed by atoms with E-state index in [4.69, 9.17) is 11.6 Å². The standard InChI is InChI=1S/C19H12ClF6NO/c1-10(28)15-9-27(17-5-4-13(20)7-14(15)17)8-11-2-3-12(18(21,22)23)6-16(11)19(24,25)26/h2-7,9H,8H2,1H3. The van der Waals surface area contributed by atoms with Crippen LogP contribution in [0.1, 0.15) is 34.0 Å². The van der Waals surface area contributed by atoms with Crippen molar-refractivity contribution in [3.05, 3.63) is 69.9 Å². The van der Waals surface area contributed by atoms with Crippen molar-refractivity contribution >= 4 is 28.3 Å². The Kier molecular flexibility index (Phi) is 4.95. The number of nitrogens with zero attached hydrogens (tertiary/aromatic N) is 1. The lowest BCUT2D eigenvalue weighted by Gasteiger charge is -2.17. The molecule has 0 aliphatic heterocycles. The molecule has 0 spiro atoms. The first-order valence-corrected chi connectivity index (χ1v) is 8.32. The summed E-state index contributed by atoms with van der Waals surface area (Å²) >= 11 is 5.93. The van der Waals surface area contributed by atoms with Crippen molar-refractivity contribution in [2.24, 2.45) is 0 Å². The van der Waals surface area contributed by atoms with E-state index in [1.807, 2.05) is 0 Å². The Bertz CT molecular complexity index is 1060. The van der Waals surface area contributed by atoms with Gasteiger partial charge >= 0.3 is 12.4 Å². The number of rotatable bonds is 3. The Labute approximate surface area is 160 Å². The summed E-state index contributed by atoms with van der Waals surface area (Å²) in [5, 5.41) is 0.804. The molecule has 0 atom stereocenters. The van der Waals surface area contributed by atoms with Gasteiger partial charge in [0, 0.05) is 34.2 Å². The fraction of sp³-hybridized carbons (Fsp3) is 0.211. The number of benzene rings is 2. The maximum atomic E-state index is 13.4. The Morgan fingerprint density at radius 2 is 1.68 bits per heavy atom. The zero-order valence-electron chi connectivity index (χ0n) is 14.2. The second-order valence-corrected chi connectivity index (χ2v) is 6.69. The summed E-state index contributed by atoms with van der Waals surface area (Å²) in [5.41, 5.74) is -2.39. The Morgan fingerprint density at radius 1 is 1.00 bits per heavy atom. The van der Waals surface area contributed by atoms with Gasteiger partial charge in [-0.3, -0.25) is 4.79 Å². The fourth-order valence-corrected chi connectivity index (χ4v) is 3.19. The van der Waals surface area contributed by atoms with Crippen LogP contribution < -0.4 is 0 Å². The first-order chi connectivity index (χ1) is 12.9. The average molecular weight is 420 g/mol. The van der Waals surface area contributed by atoms with Gasteiger partial charge in [-0.2, -0.15) is 26.3 Å². The molecule has 3 aromatic rings. The first kappa shape index (κ1) is 20.3. The summed E-state index contributed by atoms with van der Waals surface area (Å²) < 4.78 is 80.0. The number of halogens is 7. The number of carbonyl (C=O) groups excluding carboxylic acids is 1. The number of hydrogen-bond donors (Lipinski definition) is 0. The van der Waals surface area contributed by atoms with Crippen molar-refractivity contribution in [3.8, 4) is 0 Å². The molecule has 9 heteroatoms. The number of alkyl halides is 6. The number of fused-ring (bicyclic) bond motifs is 1. The molecule has 1 aromatic heterocycles. The van der Waals surface area contributed by atoms with E-state index in [2.05, 4.69) is 0 Å². The minimum Gasteiger partial charge on any atom is -0.342 e. The first-order valence-electron chi connectivity index (χ1n) is 7.94. The molecule has 2 aromatic carbocycles. The molecule has 0 fully saturated rings. The maximum Gasteiger partial charge on any atom is 0.416 e. The normalized spacial score (nSPS) is 12.6. The third kappa shape index (κ3) is 3.87. The molecule has 0 saturated heterocycles. The lowest BCUT2D eigenvalue weighted by molar-refractivity contribution is -0.143. The Balaban J connectivity index is 2.15. The van der Waals surface area contributed by atoms with Crippen LogP contribution in [-0.2, 0) is 18.9 Å². The molecule has 0 unspecified atom stereocenters. The van der Waals surface area contributed by atoms with Gasteiger partial charge in [0.1, 0.15) is 0 Å². The van der Waals surface area contributed by atoms with Gasteiger partial charge in [0.2, 0.25) is 0 Å². The van der Waals surface area contributed by atoms with Crippen LogP contribution in [-0.4, -0.2) is 10.4 Å². The molecule has 0 bridgehead atoms. The van der Waals surface area contributed by atoms with Crippen molar-refractivity contribution in [2.45, 2.75) is 25.8 Å². The number of aromatic nitrogens is 1. The van der Waals surface area contributed by atoms with Crippen LogP contribution in [0.3, 0.4) is 0 Å². The van der Waals surface area contributed by atoms with Crippen molar-refractivity contribution in [2.75, 3.05) is 0 Å². The van der Waals surface area contributed by atoms with E-state index >= 15 is 0 Å². The summed E-state index contributed by atoms with van der Waals surface area (Å²) in [7, 11) is 0.